The Morgan fingerprint density at radius 1 is 1.24 bits per heavy atom. The Balaban J connectivity index is 2.32. The van der Waals surface area contributed by atoms with Gasteiger partial charge >= 0.3 is 0 Å². The summed E-state index contributed by atoms with van der Waals surface area (Å²) in [6.07, 6.45) is 7.23. The van der Waals surface area contributed by atoms with Gasteiger partial charge < -0.3 is 15.5 Å². The molecule has 1 aliphatic rings. The zero-order chi connectivity index (χ0) is 15.5. The zero-order valence-corrected chi connectivity index (χ0v) is 15.1. The van der Waals surface area contributed by atoms with Crippen molar-refractivity contribution in [2.45, 2.75) is 57.7 Å². The van der Waals surface area contributed by atoms with Crippen molar-refractivity contribution in [3.63, 3.8) is 0 Å². The van der Waals surface area contributed by atoms with Crippen LogP contribution in [0.5, 0.6) is 0 Å². The molecule has 124 valence electrons. The fraction of sp³-hybridized carbons (Fsp3) is 0.938. The zero-order valence-electron chi connectivity index (χ0n) is 14.3. The summed E-state index contributed by atoms with van der Waals surface area (Å²) in [5.74, 6) is 1.00. The van der Waals surface area contributed by atoms with E-state index in [1.54, 1.807) is 0 Å². The first-order valence-corrected chi connectivity index (χ1v) is 9.82. The molecule has 1 saturated carbocycles. The minimum absolute atomic E-state index is 0.600. The van der Waals surface area contributed by atoms with E-state index in [-0.39, 0.29) is 0 Å². The molecule has 0 aromatic rings. The van der Waals surface area contributed by atoms with Crippen molar-refractivity contribution in [1.82, 2.24) is 15.5 Å². The number of guanidine groups is 1. The van der Waals surface area contributed by atoms with E-state index in [0.717, 1.165) is 50.4 Å². The van der Waals surface area contributed by atoms with Crippen LogP contribution in [-0.2, 0) is 0 Å². The molecule has 5 heteroatoms. The van der Waals surface area contributed by atoms with Crippen LogP contribution in [-0.4, -0.2) is 61.1 Å². The highest BCUT2D eigenvalue weighted by Crippen LogP contribution is 2.27. The van der Waals surface area contributed by atoms with Crippen LogP contribution in [0.1, 0.15) is 46.5 Å². The molecule has 21 heavy (non-hydrogen) atoms. The molecule has 4 nitrogen and oxygen atoms in total. The van der Waals surface area contributed by atoms with Crippen molar-refractivity contribution in [2.24, 2.45) is 4.99 Å². The Labute approximate surface area is 135 Å². The third-order valence-electron chi connectivity index (χ3n) is 4.20. The summed E-state index contributed by atoms with van der Waals surface area (Å²) in [5.41, 5.74) is 0. The topological polar surface area (TPSA) is 39.7 Å². The monoisotopic (exact) mass is 314 g/mol. The molecule has 0 bridgehead atoms. The maximum absolute atomic E-state index is 4.73. The Morgan fingerprint density at radius 2 is 2.00 bits per heavy atom. The molecule has 2 N–H and O–H groups in total. The number of rotatable bonds is 9. The highest BCUT2D eigenvalue weighted by molar-refractivity contribution is 7.99. The molecule has 1 fully saturated rings. The summed E-state index contributed by atoms with van der Waals surface area (Å²) < 4.78 is 0. The molecule has 0 saturated heterocycles. The van der Waals surface area contributed by atoms with Crippen LogP contribution in [0.15, 0.2) is 4.99 Å². The lowest BCUT2D eigenvalue weighted by Crippen LogP contribution is -2.42. The first kappa shape index (κ1) is 18.6. The van der Waals surface area contributed by atoms with Crippen molar-refractivity contribution in [2.75, 3.05) is 39.0 Å². The van der Waals surface area contributed by atoms with Gasteiger partial charge in [0.2, 0.25) is 0 Å². The second-order valence-corrected chi connectivity index (χ2v) is 6.79. The van der Waals surface area contributed by atoms with Crippen LogP contribution in [0, 0.1) is 0 Å². The van der Waals surface area contributed by atoms with E-state index in [0.29, 0.717) is 6.04 Å². The number of hydrogen-bond donors (Lipinski definition) is 2. The highest BCUT2D eigenvalue weighted by Gasteiger charge is 2.24. The molecule has 2 atom stereocenters. The molecule has 2 unspecified atom stereocenters. The molecule has 0 amide bonds. The summed E-state index contributed by atoms with van der Waals surface area (Å²) in [6.45, 7) is 11.8. The Morgan fingerprint density at radius 3 is 2.57 bits per heavy atom. The van der Waals surface area contributed by atoms with Gasteiger partial charge in [-0.15, -0.1) is 0 Å². The number of nitrogens with one attached hydrogen (secondary N) is 2. The molecule has 0 aromatic heterocycles. The Bertz CT molecular complexity index is 292. The molecule has 0 aromatic carbocycles. The summed E-state index contributed by atoms with van der Waals surface area (Å²) in [6, 6.07) is 0.600. The van der Waals surface area contributed by atoms with Crippen LogP contribution in [0.2, 0.25) is 0 Å². The second-order valence-electron chi connectivity index (χ2n) is 5.65. The van der Waals surface area contributed by atoms with Gasteiger partial charge in [0.05, 0.1) is 0 Å². The van der Waals surface area contributed by atoms with Gasteiger partial charge in [-0.05, 0) is 58.5 Å². The van der Waals surface area contributed by atoms with E-state index in [4.69, 9.17) is 4.99 Å². The van der Waals surface area contributed by atoms with Crippen LogP contribution in [0.3, 0.4) is 0 Å². The predicted molar refractivity (Wildman–Crippen MR) is 96.5 cm³/mol. The standard InChI is InChI=1S/C16H34N4S/c1-5-17-16(18-11-8-12-20(6-2)7-3)19-14-9-10-15(13-14)21-4/h14-15H,5-13H2,1-4H3,(H2,17,18,19). The van der Waals surface area contributed by atoms with Crippen LogP contribution in [0.4, 0.5) is 0 Å². The van der Waals surface area contributed by atoms with E-state index >= 15 is 0 Å². The van der Waals surface area contributed by atoms with Crippen LogP contribution < -0.4 is 10.6 Å². The van der Waals surface area contributed by atoms with E-state index < -0.39 is 0 Å². The van der Waals surface area contributed by atoms with Gasteiger partial charge in [-0.2, -0.15) is 11.8 Å². The first-order valence-electron chi connectivity index (χ1n) is 8.53. The summed E-state index contributed by atoms with van der Waals surface area (Å²) in [7, 11) is 0. The third-order valence-corrected chi connectivity index (χ3v) is 5.29. The van der Waals surface area contributed by atoms with E-state index in [1.807, 2.05) is 11.8 Å². The molecule has 1 rings (SSSR count). The van der Waals surface area contributed by atoms with Gasteiger partial charge in [0, 0.05) is 24.4 Å². The average molecular weight is 315 g/mol. The van der Waals surface area contributed by atoms with E-state index in [2.05, 4.69) is 42.6 Å². The maximum Gasteiger partial charge on any atom is 0.191 e. The SMILES string of the molecule is CCNC(=NCCCN(CC)CC)NC1CCC(SC)C1. The molecule has 0 heterocycles. The van der Waals surface area contributed by atoms with E-state index in [1.165, 1.54) is 19.3 Å². The van der Waals surface area contributed by atoms with Crippen molar-refractivity contribution >= 4 is 17.7 Å². The fourth-order valence-electron chi connectivity index (χ4n) is 2.82. The highest BCUT2D eigenvalue weighted by atomic mass is 32.2. The minimum atomic E-state index is 0.600. The molecule has 1 aliphatic carbocycles. The van der Waals surface area contributed by atoms with Crippen molar-refractivity contribution in [3.05, 3.63) is 0 Å². The fourth-order valence-corrected chi connectivity index (χ4v) is 3.62. The molecular formula is C16H34N4S. The lowest BCUT2D eigenvalue weighted by Gasteiger charge is -2.18. The maximum atomic E-state index is 4.73. The smallest absolute Gasteiger partial charge is 0.191 e. The first-order chi connectivity index (χ1) is 10.2. The lowest BCUT2D eigenvalue weighted by atomic mass is 10.2. The average Bonchev–Trinajstić information content (AvgIpc) is 2.95. The van der Waals surface area contributed by atoms with Crippen molar-refractivity contribution in [3.8, 4) is 0 Å². The Kier molecular flexibility index (Phi) is 9.92. The summed E-state index contributed by atoms with van der Waals surface area (Å²) in [5, 5.41) is 7.81. The molecular weight excluding hydrogens is 280 g/mol. The number of thioether (sulfide) groups is 1. The van der Waals surface area contributed by atoms with Gasteiger partial charge in [-0.1, -0.05) is 13.8 Å². The Hall–Kier alpha value is -0.420. The summed E-state index contributed by atoms with van der Waals surface area (Å²) >= 11 is 2.00. The van der Waals surface area contributed by atoms with Gasteiger partial charge in [0.1, 0.15) is 0 Å². The van der Waals surface area contributed by atoms with Gasteiger partial charge in [0.15, 0.2) is 5.96 Å². The quantitative estimate of drug-likeness (QED) is 0.390. The normalized spacial score (nSPS) is 22.8. The number of aliphatic imine (C=N–C) groups is 1. The molecule has 0 spiro atoms. The second kappa shape index (κ2) is 11.2. The molecule has 0 radical (unpaired) electrons. The molecule has 0 aliphatic heterocycles. The van der Waals surface area contributed by atoms with Crippen molar-refractivity contribution < 1.29 is 0 Å². The lowest BCUT2D eigenvalue weighted by molar-refractivity contribution is 0.302. The van der Waals surface area contributed by atoms with Crippen LogP contribution in [0.25, 0.3) is 0 Å². The predicted octanol–water partition coefficient (Wildman–Crippen LogP) is 2.56. The van der Waals surface area contributed by atoms with Gasteiger partial charge in [-0.25, -0.2) is 0 Å². The summed E-state index contributed by atoms with van der Waals surface area (Å²) in [4.78, 5) is 7.18. The van der Waals surface area contributed by atoms with Gasteiger partial charge in [-0.3, -0.25) is 4.99 Å². The van der Waals surface area contributed by atoms with Crippen molar-refractivity contribution in [1.29, 1.82) is 0 Å². The number of hydrogen-bond acceptors (Lipinski definition) is 3. The van der Waals surface area contributed by atoms with E-state index in [9.17, 15) is 0 Å². The third kappa shape index (κ3) is 7.41. The number of nitrogens with zero attached hydrogens (tertiary/aromatic N) is 2. The van der Waals surface area contributed by atoms with Gasteiger partial charge in [0.25, 0.3) is 0 Å². The minimum Gasteiger partial charge on any atom is -0.357 e. The largest absolute Gasteiger partial charge is 0.357 e. The van der Waals surface area contributed by atoms with Crippen LogP contribution >= 0.6 is 11.8 Å².